The number of unbranched alkanes of at least 4 members (excludes halogenated alkanes) is 1. The molecule has 2 heteroatoms. The van der Waals surface area contributed by atoms with Gasteiger partial charge in [0.25, 0.3) is 0 Å². The maximum absolute atomic E-state index is 11.4. The van der Waals surface area contributed by atoms with Gasteiger partial charge in [-0.25, -0.2) is 0 Å². The first-order valence-corrected chi connectivity index (χ1v) is 4.69. The lowest BCUT2D eigenvalue weighted by molar-refractivity contribution is -0.124. The molecule has 0 spiro atoms. The quantitative estimate of drug-likeness (QED) is 0.449. The van der Waals surface area contributed by atoms with Gasteiger partial charge >= 0.3 is 0 Å². The fourth-order valence-corrected chi connectivity index (χ4v) is 1.08. The second-order valence-corrected chi connectivity index (χ2v) is 3.86. The van der Waals surface area contributed by atoms with Gasteiger partial charge in [0.1, 0.15) is 5.78 Å². The number of allylic oxidation sites excluding steroid dienone is 1. The first-order chi connectivity index (χ1) is 6.02. The highest BCUT2D eigenvalue weighted by molar-refractivity contribution is 5.79. The fourth-order valence-electron chi connectivity index (χ4n) is 1.08. The van der Waals surface area contributed by atoms with Crippen molar-refractivity contribution in [2.24, 2.45) is 0 Å². The molecule has 0 heterocycles. The van der Waals surface area contributed by atoms with Crippen molar-refractivity contribution in [1.82, 2.24) is 0 Å². The van der Waals surface area contributed by atoms with Gasteiger partial charge < -0.3 is 4.74 Å². The summed E-state index contributed by atoms with van der Waals surface area (Å²) >= 11 is 0. The maximum atomic E-state index is 11.4. The number of hydrogen-bond donors (Lipinski definition) is 0. The third-order valence-corrected chi connectivity index (χ3v) is 2.04. The molecule has 0 fully saturated rings. The SMILES string of the molecule is C=CCCCC(=O)CC(C)(C)OC. The molecule has 0 bridgehead atoms. The number of ether oxygens (including phenoxy) is 1. The van der Waals surface area contributed by atoms with Crippen LogP contribution in [0.4, 0.5) is 0 Å². The summed E-state index contributed by atoms with van der Waals surface area (Å²) in [5.74, 6) is 0.272. The van der Waals surface area contributed by atoms with E-state index >= 15 is 0 Å². The van der Waals surface area contributed by atoms with Gasteiger partial charge in [-0.3, -0.25) is 4.79 Å². The molecule has 0 amide bonds. The van der Waals surface area contributed by atoms with E-state index in [4.69, 9.17) is 4.74 Å². The number of ketones is 1. The van der Waals surface area contributed by atoms with Gasteiger partial charge in [-0.05, 0) is 26.7 Å². The van der Waals surface area contributed by atoms with Crippen molar-refractivity contribution in [3.8, 4) is 0 Å². The number of carbonyl (C=O) groups excluding carboxylic acids is 1. The minimum atomic E-state index is -0.314. The third kappa shape index (κ3) is 6.52. The van der Waals surface area contributed by atoms with E-state index in [1.807, 2.05) is 19.9 Å². The van der Waals surface area contributed by atoms with Crippen molar-refractivity contribution < 1.29 is 9.53 Å². The lowest BCUT2D eigenvalue weighted by atomic mass is 9.99. The molecule has 0 N–H and O–H groups in total. The molecule has 0 rings (SSSR count). The van der Waals surface area contributed by atoms with Crippen molar-refractivity contribution >= 4 is 5.78 Å². The van der Waals surface area contributed by atoms with Gasteiger partial charge in [0.05, 0.1) is 5.60 Å². The average molecular weight is 184 g/mol. The topological polar surface area (TPSA) is 26.3 Å². The predicted molar refractivity (Wildman–Crippen MR) is 54.8 cm³/mol. The van der Waals surface area contributed by atoms with E-state index in [0.717, 1.165) is 12.8 Å². The van der Waals surface area contributed by atoms with Crippen LogP contribution in [0, 0.1) is 0 Å². The highest BCUT2D eigenvalue weighted by Crippen LogP contribution is 2.15. The molecule has 0 unspecified atom stereocenters. The second kappa shape index (κ2) is 5.92. The van der Waals surface area contributed by atoms with Crippen LogP contribution >= 0.6 is 0 Å². The highest BCUT2D eigenvalue weighted by Gasteiger charge is 2.20. The zero-order chi connectivity index (χ0) is 10.3. The Bertz CT molecular complexity index is 171. The summed E-state index contributed by atoms with van der Waals surface area (Å²) in [6.07, 6.45) is 4.80. The summed E-state index contributed by atoms with van der Waals surface area (Å²) in [6.45, 7) is 7.47. The van der Waals surface area contributed by atoms with Crippen LogP contribution in [0.5, 0.6) is 0 Å². The standard InChI is InChI=1S/C11H20O2/c1-5-6-7-8-10(12)9-11(2,3)13-4/h5H,1,6-9H2,2-4H3. The molecule has 0 aliphatic carbocycles. The number of hydrogen-bond acceptors (Lipinski definition) is 2. The van der Waals surface area contributed by atoms with E-state index in [0.29, 0.717) is 12.8 Å². The molecule has 0 saturated carbocycles. The number of Topliss-reactive ketones (excluding diaryl/α,β-unsaturated/α-hetero) is 1. The zero-order valence-corrected chi connectivity index (χ0v) is 8.93. The molecular formula is C11H20O2. The summed E-state index contributed by atoms with van der Waals surface area (Å²) in [6, 6.07) is 0. The number of rotatable bonds is 7. The molecule has 0 aromatic carbocycles. The van der Waals surface area contributed by atoms with Gasteiger partial charge in [-0.2, -0.15) is 0 Å². The van der Waals surface area contributed by atoms with Gasteiger partial charge in [0, 0.05) is 20.0 Å². The normalized spacial score (nSPS) is 11.3. The lowest BCUT2D eigenvalue weighted by Gasteiger charge is -2.21. The minimum Gasteiger partial charge on any atom is -0.378 e. The van der Waals surface area contributed by atoms with Crippen molar-refractivity contribution in [1.29, 1.82) is 0 Å². The van der Waals surface area contributed by atoms with Gasteiger partial charge in [-0.1, -0.05) is 6.08 Å². The molecule has 0 aromatic rings. The van der Waals surface area contributed by atoms with E-state index in [9.17, 15) is 4.79 Å². The van der Waals surface area contributed by atoms with E-state index in [2.05, 4.69) is 6.58 Å². The smallest absolute Gasteiger partial charge is 0.135 e. The highest BCUT2D eigenvalue weighted by atomic mass is 16.5. The van der Waals surface area contributed by atoms with Crippen molar-refractivity contribution in [2.45, 2.75) is 45.1 Å². The molecule has 76 valence electrons. The monoisotopic (exact) mass is 184 g/mol. The fraction of sp³-hybridized carbons (Fsp3) is 0.727. The first-order valence-electron chi connectivity index (χ1n) is 4.69. The summed E-state index contributed by atoms with van der Waals surface area (Å²) in [5.41, 5.74) is -0.314. The number of carbonyl (C=O) groups is 1. The largest absolute Gasteiger partial charge is 0.378 e. The maximum Gasteiger partial charge on any atom is 0.135 e. The van der Waals surface area contributed by atoms with E-state index in [1.54, 1.807) is 7.11 Å². The van der Waals surface area contributed by atoms with Crippen LogP contribution in [0.1, 0.15) is 39.5 Å². The Hall–Kier alpha value is -0.630. The van der Waals surface area contributed by atoms with Crippen molar-refractivity contribution in [3.63, 3.8) is 0 Å². The molecule has 0 aliphatic heterocycles. The Balaban J connectivity index is 3.67. The Morgan fingerprint density at radius 1 is 1.54 bits per heavy atom. The van der Waals surface area contributed by atoms with Crippen molar-refractivity contribution in [3.05, 3.63) is 12.7 Å². The van der Waals surface area contributed by atoms with Crippen molar-refractivity contribution in [2.75, 3.05) is 7.11 Å². The Morgan fingerprint density at radius 2 is 2.15 bits per heavy atom. The molecular weight excluding hydrogens is 164 g/mol. The van der Waals surface area contributed by atoms with Gasteiger partial charge in [0.15, 0.2) is 0 Å². The molecule has 13 heavy (non-hydrogen) atoms. The van der Waals surface area contributed by atoms with Crippen LogP contribution < -0.4 is 0 Å². The third-order valence-electron chi connectivity index (χ3n) is 2.04. The van der Waals surface area contributed by atoms with Crippen LogP contribution in [0.25, 0.3) is 0 Å². The van der Waals surface area contributed by atoms with Crippen LogP contribution in [-0.4, -0.2) is 18.5 Å². The van der Waals surface area contributed by atoms with Crippen LogP contribution in [-0.2, 0) is 9.53 Å². The Morgan fingerprint density at radius 3 is 2.62 bits per heavy atom. The van der Waals surface area contributed by atoms with Gasteiger partial charge in [-0.15, -0.1) is 6.58 Å². The van der Waals surface area contributed by atoms with Crippen LogP contribution in [0.2, 0.25) is 0 Å². The summed E-state index contributed by atoms with van der Waals surface area (Å²) in [7, 11) is 1.64. The second-order valence-electron chi connectivity index (χ2n) is 3.86. The average Bonchev–Trinajstić information content (AvgIpc) is 2.04. The lowest BCUT2D eigenvalue weighted by Crippen LogP contribution is -2.26. The van der Waals surface area contributed by atoms with E-state index in [1.165, 1.54) is 0 Å². The van der Waals surface area contributed by atoms with Gasteiger partial charge in [0.2, 0.25) is 0 Å². The summed E-state index contributed by atoms with van der Waals surface area (Å²) in [5, 5.41) is 0. The molecule has 0 radical (unpaired) electrons. The van der Waals surface area contributed by atoms with E-state index in [-0.39, 0.29) is 11.4 Å². The van der Waals surface area contributed by atoms with Crippen LogP contribution in [0.3, 0.4) is 0 Å². The number of methoxy groups -OCH3 is 1. The molecule has 0 aliphatic rings. The molecule has 2 nitrogen and oxygen atoms in total. The zero-order valence-electron chi connectivity index (χ0n) is 8.93. The first kappa shape index (κ1) is 12.4. The minimum absolute atomic E-state index is 0.272. The van der Waals surface area contributed by atoms with E-state index < -0.39 is 0 Å². The Kier molecular flexibility index (Phi) is 5.63. The summed E-state index contributed by atoms with van der Waals surface area (Å²) < 4.78 is 5.17. The van der Waals surface area contributed by atoms with Crippen LogP contribution in [0.15, 0.2) is 12.7 Å². The molecule has 0 aromatic heterocycles. The summed E-state index contributed by atoms with van der Waals surface area (Å²) in [4.78, 5) is 11.4. The Labute approximate surface area is 81.0 Å². The molecule has 0 saturated heterocycles. The molecule has 0 atom stereocenters. The predicted octanol–water partition coefficient (Wildman–Crippen LogP) is 2.73.